The highest BCUT2D eigenvalue weighted by Crippen LogP contribution is 2.34. The van der Waals surface area contributed by atoms with Crippen molar-refractivity contribution < 1.29 is 14.3 Å². The average Bonchev–Trinajstić information content (AvgIpc) is 3.16. The smallest absolute Gasteiger partial charge is 0.341 e. The second-order valence-electron chi connectivity index (χ2n) is 7.15. The molecule has 1 aliphatic carbocycles. The van der Waals surface area contributed by atoms with Crippen molar-refractivity contribution in [2.24, 2.45) is 0 Å². The predicted molar refractivity (Wildman–Crippen MR) is 114 cm³/mol. The fourth-order valence-electron chi connectivity index (χ4n) is 3.60. The summed E-state index contributed by atoms with van der Waals surface area (Å²) in [7, 11) is 0. The summed E-state index contributed by atoms with van der Waals surface area (Å²) in [4.78, 5) is 46.9. The highest BCUT2D eigenvalue weighted by atomic mass is 32.1. The van der Waals surface area contributed by atoms with Gasteiger partial charge in [-0.25, -0.2) is 9.78 Å². The molecule has 0 radical (unpaired) electrons. The number of anilines is 1. The molecule has 152 valence electrons. The van der Waals surface area contributed by atoms with E-state index < -0.39 is 5.97 Å². The summed E-state index contributed by atoms with van der Waals surface area (Å²) in [6, 6.07) is 0. The topological polar surface area (TPSA) is 101 Å². The molecule has 4 rings (SSSR count). The highest BCUT2D eigenvalue weighted by molar-refractivity contribution is 7.18. The number of nitrogens with one attached hydrogen (secondary N) is 2. The first kappa shape index (κ1) is 19.8. The molecule has 7 nitrogen and oxygen atoms in total. The molecule has 0 spiro atoms. The lowest BCUT2D eigenvalue weighted by atomic mass is 9.97. The van der Waals surface area contributed by atoms with Crippen LogP contribution in [0.1, 0.15) is 56.8 Å². The van der Waals surface area contributed by atoms with Gasteiger partial charge in [-0.2, -0.15) is 0 Å². The lowest BCUT2D eigenvalue weighted by Gasteiger charge is -2.09. The molecule has 29 heavy (non-hydrogen) atoms. The van der Waals surface area contributed by atoms with Crippen LogP contribution in [-0.4, -0.2) is 21.8 Å². The number of H-pyrrole nitrogens is 1. The van der Waals surface area contributed by atoms with Gasteiger partial charge in [-0.15, -0.1) is 22.7 Å². The van der Waals surface area contributed by atoms with Crippen LogP contribution >= 0.6 is 22.7 Å². The van der Waals surface area contributed by atoms with Gasteiger partial charge in [0.15, 0.2) is 0 Å². The van der Waals surface area contributed by atoms with E-state index >= 15 is 0 Å². The molecular formula is C20H21N3O4S2. The Morgan fingerprint density at radius 2 is 1.97 bits per heavy atom. The Kier molecular flexibility index (Phi) is 5.26. The number of esters is 1. The van der Waals surface area contributed by atoms with Crippen LogP contribution in [0.4, 0.5) is 5.00 Å². The van der Waals surface area contributed by atoms with Crippen LogP contribution < -0.4 is 10.9 Å². The number of carbonyl (C=O) groups is 2. The molecule has 0 unspecified atom stereocenters. The molecule has 3 aromatic rings. The van der Waals surface area contributed by atoms with E-state index in [1.807, 2.05) is 13.8 Å². The molecule has 0 bridgehead atoms. The molecule has 1 aliphatic rings. The van der Waals surface area contributed by atoms with Crippen molar-refractivity contribution in [2.45, 2.75) is 53.1 Å². The summed E-state index contributed by atoms with van der Waals surface area (Å²) in [5, 5.41) is 3.83. The normalized spacial score (nSPS) is 13.3. The molecule has 3 aromatic heterocycles. The molecule has 0 atom stereocenters. The van der Waals surface area contributed by atoms with Crippen LogP contribution in [0.25, 0.3) is 10.2 Å². The third-order valence-electron chi connectivity index (χ3n) is 5.09. The van der Waals surface area contributed by atoms with E-state index in [1.54, 1.807) is 11.3 Å². The SMILES string of the molecule is CC(=O)Nc1sc(C)c(C)c1C(=O)OCc1nc2sc3c(c2c(=O)[nH]1)CCCC3. The number of rotatable bonds is 4. The summed E-state index contributed by atoms with van der Waals surface area (Å²) in [5.41, 5.74) is 2.06. The number of ether oxygens (including phenoxy) is 1. The maximum absolute atomic E-state index is 12.7. The van der Waals surface area contributed by atoms with E-state index in [9.17, 15) is 14.4 Å². The third-order valence-corrected chi connectivity index (χ3v) is 7.40. The van der Waals surface area contributed by atoms with E-state index in [1.165, 1.54) is 23.1 Å². The largest absolute Gasteiger partial charge is 0.454 e. The van der Waals surface area contributed by atoms with Crippen LogP contribution in [0.15, 0.2) is 4.79 Å². The zero-order valence-electron chi connectivity index (χ0n) is 16.4. The number of hydrogen-bond acceptors (Lipinski definition) is 7. The number of aromatic amines is 1. The number of nitrogens with zero attached hydrogens (tertiary/aromatic N) is 1. The van der Waals surface area contributed by atoms with Crippen molar-refractivity contribution in [1.29, 1.82) is 0 Å². The molecule has 9 heteroatoms. The lowest BCUT2D eigenvalue weighted by molar-refractivity contribution is -0.114. The molecule has 0 saturated carbocycles. The maximum Gasteiger partial charge on any atom is 0.341 e. The minimum atomic E-state index is -0.552. The molecule has 3 heterocycles. The minimum absolute atomic E-state index is 0.138. The van der Waals surface area contributed by atoms with E-state index in [0.29, 0.717) is 26.6 Å². The van der Waals surface area contributed by atoms with Gasteiger partial charge in [-0.1, -0.05) is 0 Å². The van der Waals surface area contributed by atoms with Crippen molar-refractivity contribution in [3.8, 4) is 0 Å². The van der Waals surface area contributed by atoms with Gasteiger partial charge in [0.25, 0.3) is 5.56 Å². The maximum atomic E-state index is 12.7. The van der Waals surface area contributed by atoms with E-state index in [-0.39, 0.29) is 18.1 Å². The van der Waals surface area contributed by atoms with Crippen LogP contribution in [0, 0.1) is 13.8 Å². The Bertz CT molecular complexity index is 1190. The Labute approximate surface area is 175 Å². The third kappa shape index (κ3) is 3.72. The second-order valence-corrected chi connectivity index (χ2v) is 9.46. The number of aromatic nitrogens is 2. The first-order valence-corrected chi connectivity index (χ1v) is 11.1. The number of carbonyl (C=O) groups excluding carboxylic acids is 2. The first-order valence-electron chi connectivity index (χ1n) is 9.43. The van der Waals surface area contributed by atoms with Gasteiger partial charge in [-0.3, -0.25) is 9.59 Å². The number of amides is 1. The Morgan fingerprint density at radius 1 is 1.21 bits per heavy atom. The number of aryl methyl sites for hydroxylation is 3. The van der Waals surface area contributed by atoms with Gasteiger partial charge in [0.2, 0.25) is 5.91 Å². The fraction of sp³-hybridized carbons (Fsp3) is 0.400. The van der Waals surface area contributed by atoms with Gasteiger partial charge in [0, 0.05) is 16.7 Å². The Balaban J connectivity index is 1.58. The highest BCUT2D eigenvalue weighted by Gasteiger charge is 2.23. The number of fused-ring (bicyclic) bond motifs is 3. The average molecular weight is 432 g/mol. The summed E-state index contributed by atoms with van der Waals surface area (Å²) >= 11 is 2.89. The molecule has 0 aromatic carbocycles. The molecule has 0 aliphatic heterocycles. The van der Waals surface area contributed by atoms with Crippen LogP contribution in [0.5, 0.6) is 0 Å². The number of thiophene rings is 2. The van der Waals surface area contributed by atoms with Gasteiger partial charge in [0.05, 0.1) is 10.9 Å². The first-order chi connectivity index (χ1) is 13.8. The van der Waals surface area contributed by atoms with Crippen molar-refractivity contribution in [3.63, 3.8) is 0 Å². The Hall–Kier alpha value is -2.52. The standard InChI is InChI=1S/C20H21N3O4S2/c1-9-10(2)28-18(21-11(3)24)15(9)20(26)27-8-14-22-17(25)16-12-6-4-5-7-13(12)29-19(16)23-14/h4-8H2,1-3H3,(H,21,24)(H,22,23,25). The number of hydrogen-bond donors (Lipinski definition) is 2. The summed E-state index contributed by atoms with van der Waals surface area (Å²) in [5.74, 6) is -0.484. The van der Waals surface area contributed by atoms with E-state index in [4.69, 9.17) is 4.74 Å². The van der Waals surface area contributed by atoms with E-state index in [0.717, 1.165) is 41.7 Å². The zero-order chi connectivity index (χ0) is 20.7. The molecule has 2 N–H and O–H groups in total. The Morgan fingerprint density at radius 3 is 2.72 bits per heavy atom. The minimum Gasteiger partial charge on any atom is -0.454 e. The molecule has 1 amide bonds. The van der Waals surface area contributed by atoms with Gasteiger partial charge in [-0.05, 0) is 50.7 Å². The van der Waals surface area contributed by atoms with Crippen LogP contribution in [0.2, 0.25) is 0 Å². The predicted octanol–water partition coefficient (Wildman–Crippen LogP) is 3.86. The summed E-state index contributed by atoms with van der Waals surface area (Å²) in [6.07, 6.45) is 4.13. The molecule has 0 fully saturated rings. The van der Waals surface area contributed by atoms with Crippen LogP contribution in [-0.2, 0) is 29.0 Å². The zero-order valence-corrected chi connectivity index (χ0v) is 18.1. The van der Waals surface area contributed by atoms with Gasteiger partial charge >= 0.3 is 5.97 Å². The van der Waals surface area contributed by atoms with Gasteiger partial charge < -0.3 is 15.0 Å². The summed E-state index contributed by atoms with van der Waals surface area (Å²) < 4.78 is 5.42. The second kappa shape index (κ2) is 7.72. The summed E-state index contributed by atoms with van der Waals surface area (Å²) in [6.45, 7) is 4.95. The van der Waals surface area contributed by atoms with Gasteiger partial charge in [0.1, 0.15) is 22.3 Å². The molecule has 0 saturated heterocycles. The monoisotopic (exact) mass is 431 g/mol. The van der Waals surface area contributed by atoms with Crippen molar-refractivity contribution in [3.05, 3.63) is 42.6 Å². The molecular weight excluding hydrogens is 410 g/mol. The van der Waals surface area contributed by atoms with Crippen molar-refractivity contribution in [2.75, 3.05) is 5.32 Å². The van der Waals surface area contributed by atoms with Crippen molar-refractivity contribution >= 4 is 49.8 Å². The lowest BCUT2D eigenvalue weighted by Crippen LogP contribution is -2.16. The fourth-order valence-corrected chi connectivity index (χ4v) is 5.98. The quantitative estimate of drug-likeness (QED) is 0.611. The van der Waals surface area contributed by atoms with E-state index in [2.05, 4.69) is 15.3 Å². The van der Waals surface area contributed by atoms with Crippen LogP contribution in [0.3, 0.4) is 0 Å². The van der Waals surface area contributed by atoms with Crippen molar-refractivity contribution in [1.82, 2.24) is 9.97 Å².